The molecule has 6 heteroatoms. The number of nitrogens with one attached hydrogen (secondary N) is 1. The largest absolute Gasteiger partial charge is 0.387 e. The van der Waals surface area contributed by atoms with Gasteiger partial charge < -0.3 is 10.4 Å². The Hall–Kier alpha value is -2.21. The maximum Gasteiger partial charge on any atom is 0.221 e. The van der Waals surface area contributed by atoms with E-state index in [2.05, 4.69) is 10.4 Å². The van der Waals surface area contributed by atoms with Crippen molar-refractivity contribution < 1.29 is 14.3 Å². The molecule has 1 aromatic carbocycles. The molecule has 1 heterocycles. The lowest BCUT2D eigenvalue weighted by Crippen LogP contribution is -2.29. The number of hydrogen-bond donors (Lipinski definition) is 2. The number of aromatic nitrogens is 2. The average Bonchev–Trinajstić information content (AvgIpc) is 2.88. The first-order valence-electron chi connectivity index (χ1n) is 6.74. The maximum absolute atomic E-state index is 13.0. The van der Waals surface area contributed by atoms with Gasteiger partial charge in [0.2, 0.25) is 5.91 Å². The molecule has 0 saturated heterocycles. The molecule has 2 aromatic rings. The second-order valence-electron chi connectivity index (χ2n) is 4.91. The highest BCUT2D eigenvalue weighted by atomic mass is 19.1. The van der Waals surface area contributed by atoms with Crippen LogP contribution in [0.4, 0.5) is 4.39 Å². The fourth-order valence-corrected chi connectivity index (χ4v) is 1.94. The minimum Gasteiger partial charge on any atom is -0.387 e. The number of aryl methyl sites for hydroxylation is 2. The summed E-state index contributed by atoms with van der Waals surface area (Å²) in [5.41, 5.74) is 1.48. The van der Waals surface area contributed by atoms with Crippen molar-refractivity contribution in [1.29, 1.82) is 0 Å². The number of hydrogen-bond acceptors (Lipinski definition) is 3. The Morgan fingerprint density at radius 2 is 2.33 bits per heavy atom. The molecule has 0 unspecified atom stereocenters. The van der Waals surface area contributed by atoms with Crippen molar-refractivity contribution in [3.63, 3.8) is 0 Å². The zero-order chi connectivity index (χ0) is 15.2. The molecule has 112 valence electrons. The molecule has 5 nitrogen and oxygen atoms in total. The number of benzene rings is 1. The molecule has 0 aliphatic rings. The molecule has 1 amide bonds. The van der Waals surface area contributed by atoms with Crippen molar-refractivity contribution in [2.24, 2.45) is 0 Å². The van der Waals surface area contributed by atoms with Crippen LogP contribution in [0.5, 0.6) is 0 Å². The van der Waals surface area contributed by atoms with Crippen LogP contribution in [0.1, 0.15) is 23.7 Å². The van der Waals surface area contributed by atoms with E-state index in [0.717, 1.165) is 5.56 Å². The van der Waals surface area contributed by atoms with E-state index < -0.39 is 11.9 Å². The molecule has 0 aliphatic carbocycles. The highest BCUT2D eigenvalue weighted by Gasteiger charge is 2.10. The summed E-state index contributed by atoms with van der Waals surface area (Å²) in [5, 5.41) is 16.6. The lowest BCUT2D eigenvalue weighted by atomic mass is 10.1. The van der Waals surface area contributed by atoms with Crippen molar-refractivity contribution in [2.75, 3.05) is 6.54 Å². The Bertz CT molecular complexity index is 612. The lowest BCUT2D eigenvalue weighted by Gasteiger charge is -2.12. The summed E-state index contributed by atoms with van der Waals surface area (Å²) in [6, 6.07) is 5.70. The number of aliphatic hydroxyl groups is 1. The molecule has 2 rings (SSSR count). The highest BCUT2D eigenvalue weighted by molar-refractivity contribution is 5.75. The summed E-state index contributed by atoms with van der Waals surface area (Å²) in [6.45, 7) is 2.47. The smallest absolute Gasteiger partial charge is 0.221 e. The van der Waals surface area contributed by atoms with E-state index in [0.29, 0.717) is 12.1 Å². The van der Waals surface area contributed by atoms with Crippen molar-refractivity contribution in [2.45, 2.75) is 26.0 Å². The molecular weight excluding hydrogens is 273 g/mol. The van der Waals surface area contributed by atoms with Crippen molar-refractivity contribution in [3.05, 3.63) is 53.6 Å². The molecule has 0 saturated carbocycles. The Morgan fingerprint density at radius 1 is 1.52 bits per heavy atom. The van der Waals surface area contributed by atoms with Crippen LogP contribution in [0.15, 0.2) is 36.7 Å². The van der Waals surface area contributed by atoms with E-state index in [4.69, 9.17) is 0 Å². The quantitative estimate of drug-likeness (QED) is 0.849. The Morgan fingerprint density at radius 3 is 3.00 bits per heavy atom. The van der Waals surface area contributed by atoms with Crippen LogP contribution in [-0.2, 0) is 11.3 Å². The second kappa shape index (κ2) is 6.99. The number of amides is 1. The summed E-state index contributed by atoms with van der Waals surface area (Å²) in [6.07, 6.45) is 2.94. The summed E-state index contributed by atoms with van der Waals surface area (Å²) >= 11 is 0. The van der Waals surface area contributed by atoms with Crippen molar-refractivity contribution in [3.8, 4) is 0 Å². The predicted octanol–water partition coefficient (Wildman–Crippen LogP) is 1.57. The van der Waals surface area contributed by atoms with Gasteiger partial charge >= 0.3 is 0 Å². The van der Waals surface area contributed by atoms with Gasteiger partial charge in [0, 0.05) is 25.7 Å². The average molecular weight is 291 g/mol. The second-order valence-corrected chi connectivity index (χ2v) is 4.91. The number of nitrogens with zero attached hydrogens (tertiary/aromatic N) is 2. The first kappa shape index (κ1) is 15.2. The standard InChI is InChI=1S/C15H18FN3O2/c1-11-8-18-19(10-11)6-5-15(21)17-9-14(20)12-3-2-4-13(16)7-12/h2-4,7-8,10,14,20H,5-6,9H2,1H3,(H,17,21)/t14-/m0/s1. The monoisotopic (exact) mass is 291 g/mol. The molecule has 0 aliphatic heterocycles. The zero-order valence-electron chi connectivity index (χ0n) is 11.8. The normalized spacial score (nSPS) is 12.1. The van der Waals surface area contributed by atoms with E-state index in [1.54, 1.807) is 16.9 Å². The summed E-state index contributed by atoms with van der Waals surface area (Å²) in [7, 11) is 0. The third-order valence-corrected chi connectivity index (χ3v) is 3.06. The topological polar surface area (TPSA) is 67.2 Å². The third kappa shape index (κ3) is 4.68. The van der Waals surface area contributed by atoms with Crippen LogP contribution in [0.25, 0.3) is 0 Å². The highest BCUT2D eigenvalue weighted by Crippen LogP contribution is 2.12. The third-order valence-electron chi connectivity index (χ3n) is 3.06. The van der Waals surface area contributed by atoms with E-state index in [9.17, 15) is 14.3 Å². The van der Waals surface area contributed by atoms with E-state index in [1.807, 2.05) is 13.1 Å². The summed E-state index contributed by atoms with van der Waals surface area (Å²) in [4.78, 5) is 11.7. The van der Waals surface area contributed by atoms with Gasteiger partial charge in [-0.2, -0.15) is 5.10 Å². The summed E-state index contributed by atoms with van der Waals surface area (Å²) < 4.78 is 14.7. The molecule has 0 fully saturated rings. The van der Waals surface area contributed by atoms with E-state index in [-0.39, 0.29) is 18.9 Å². The molecule has 0 radical (unpaired) electrons. The minimum absolute atomic E-state index is 0.0560. The number of carbonyl (C=O) groups is 1. The van der Waals surface area contributed by atoms with Crippen LogP contribution in [0.2, 0.25) is 0 Å². The van der Waals surface area contributed by atoms with Gasteiger partial charge in [0.25, 0.3) is 0 Å². The molecule has 21 heavy (non-hydrogen) atoms. The Labute approximate surface area is 122 Å². The van der Waals surface area contributed by atoms with Gasteiger partial charge in [-0.15, -0.1) is 0 Å². The first-order chi connectivity index (χ1) is 10.0. The van der Waals surface area contributed by atoms with Crippen LogP contribution in [-0.4, -0.2) is 27.3 Å². The molecular formula is C15H18FN3O2. The molecule has 1 atom stereocenters. The SMILES string of the molecule is Cc1cnn(CCC(=O)NC[C@H](O)c2cccc(F)c2)c1. The van der Waals surface area contributed by atoms with Crippen molar-refractivity contribution >= 4 is 5.91 Å². The van der Waals surface area contributed by atoms with Gasteiger partial charge in [0.1, 0.15) is 5.82 Å². The number of carbonyl (C=O) groups excluding carboxylic acids is 1. The Kier molecular flexibility index (Phi) is 5.05. The van der Waals surface area contributed by atoms with Gasteiger partial charge in [0.05, 0.1) is 12.3 Å². The molecule has 2 N–H and O–H groups in total. The van der Waals surface area contributed by atoms with Crippen molar-refractivity contribution in [1.82, 2.24) is 15.1 Å². The number of rotatable bonds is 6. The van der Waals surface area contributed by atoms with Gasteiger partial charge in [-0.25, -0.2) is 4.39 Å². The predicted molar refractivity (Wildman–Crippen MR) is 76.0 cm³/mol. The first-order valence-corrected chi connectivity index (χ1v) is 6.74. The molecule has 0 spiro atoms. The number of halogens is 1. The van der Waals surface area contributed by atoms with Crippen LogP contribution >= 0.6 is 0 Å². The zero-order valence-corrected chi connectivity index (χ0v) is 11.8. The fraction of sp³-hybridized carbons (Fsp3) is 0.333. The lowest BCUT2D eigenvalue weighted by molar-refractivity contribution is -0.121. The maximum atomic E-state index is 13.0. The van der Waals surface area contributed by atoms with Crippen LogP contribution in [0.3, 0.4) is 0 Å². The van der Waals surface area contributed by atoms with Gasteiger partial charge in [0.15, 0.2) is 0 Å². The van der Waals surface area contributed by atoms with E-state index >= 15 is 0 Å². The molecule has 0 bridgehead atoms. The Balaban J connectivity index is 1.75. The van der Waals surface area contributed by atoms with Gasteiger partial charge in [-0.1, -0.05) is 12.1 Å². The minimum atomic E-state index is -0.920. The number of aliphatic hydroxyl groups excluding tert-OH is 1. The molecule has 1 aromatic heterocycles. The fourth-order valence-electron chi connectivity index (χ4n) is 1.94. The van der Waals surface area contributed by atoms with Gasteiger partial charge in [-0.3, -0.25) is 9.48 Å². The summed E-state index contributed by atoms with van der Waals surface area (Å²) in [5.74, 6) is -0.592. The van der Waals surface area contributed by atoms with Crippen LogP contribution in [0, 0.1) is 12.7 Å². The van der Waals surface area contributed by atoms with Crippen LogP contribution < -0.4 is 5.32 Å². The van der Waals surface area contributed by atoms with E-state index in [1.165, 1.54) is 18.2 Å². The van der Waals surface area contributed by atoms with Gasteiger partial charge in [-0.05, 0) is 30.2 Å².